The maximum atomic E-state index is 12.0. The third-order valence-corrected chi connectivity index (χ3v) is 2.10. The Kier molecular flexibility index (Phi) is 2.47. The highest BCUT2D eigenvalue weighted by atomic mass is 19.3. The fourth-order valence-electron chi connectivity index (χ4n) is 1.45. The monoisotopic (exact) mass is 227 g/mol. The van der Waals surface area contributed by atoms with Crippen LogP contribution in [0.15, 0.2) is 30.5 Å². The summed E-state index contributed by atoms with van der Waals surface area (Å²) in [6.07, 6.45) is 0.170. The molecule has 0 aliphatic heterocycles. The molecule has 84 valence electrons. The number of nitrogens with zero attached hydrogens (tertiary/aromatic N) is 1. The van der Waals surface area contributed by atoms with Gasteiger partial charge in [0.05, 0.1) is 5.52 Å². The number of ether oxygens (including phenoxy) is 1. The van der Waals surface area contributed by atoms with E-state index in [0.717, 1.165) is 4.57 Å². The van der Waals surface area contributed by atoms with E-state index in [1.54, 1.807) is 6.07 Å². The largest absolute Gasteiger partial charge is 0.464 e. The minimum absolute atomic E-state index is 0.0660. The van der Waals surface area contributed by atoms with Crippen LogP contribution in [-0.4, -0.2) is 22.4 Å². The standard InChI is InChI=1S/C10H7F2NO3/c11-9(12)16-7-2-1-6-3-4-13(10(14)15)8(6)5-7/h1-5,9H,(H,14,15). The maximum absolute atomic E-state index is 12.0. The van der Waals surface area contributed by atoms with E-state index in [2.05, 4.69) is 4.74 Å². The van der Waals surface area contributed by atoms with Gasteiger partial charge in [-0.05, 0) is 18.2 Å². The summed E-state index contributed by atoms with van der Waals surface area (Å²) in [5, 5.41) is 9.46. The highest BCUT2D eigenvalue weighted by molar-refractivity contribution is 5.89. The van der Waals surface area contributed by atoms with Crippen LogP contribution in [0.25, 0.3) is 10.9 Å². The number of carbonyl (C=O) groups is 1. The second kappa shape index (κ2) is 3.80. The molecule has 1 aromatic carbocycles. The highest BCUT2D eigenvalue weighted by Crippen LogP contribution is 2.23. The Labute approximate surface area is 88.7 Å². The second-order valence-corrected chi connectivity index (χ2v) is 3.07. The van der Waals surface area contributed by atoms with Gasteiger partial charge >= 0.3 is 12.7 Å². The lowest BCUT2D eigenvalue weighted by Crippen LogP contribution is -2.06. The Morgan fingerprint density at radius 2 is 2.12 bits per heavy atom. The molecule has 2 aromatic rings. The number of hydrogen-bond donors (Lipinski definition) is 1. The molecule has 0 amide bonds. The van der Waals surface area contributed by atoms with Gasteiger partial charge in [-0.1, -0.05) is 0 Å². The summed E-state index contributed by atoms with van der Waals surface area (Å²) in [5.41, 5.74) is 0.311. The molecule has 4 nitrogen and oxygen atoms in total. The molecule has 6 heteroatoms. The molecule has 2 rings (SSSR count). The number of rotatable bonds is 2. The van der Waals surface area contributed by atoms with Crippen molar-refractivity contribution in [2.24, 2.45) is 0 Å². The topological polar surface area (TPSA) is 51.5 Å². The van der Waals surface area contributed by atoms with Crippen molar-refractivity contribution in [3.05, 3.63) is 30.5 Å². The molecule has 0 unspecified atom stereocenters. The first-order valence-corrected chi connectivity index (χ1v) is 4.37. The molecule has 0 radical (unpaired) electrons. The number of carboxylic acid groups (broad SMARTS) is 1. The van der Waals surface area contributed by atoms with Gasteiger partial charge in [-0.2, -0.15) is 8.78 Å². The first kappa shape index (κ1) is 10.4. The quantitative estimate of drug-likeness (QED) is 0.858. The average molecular weight is 227 g/mol. The zero-order valence-corrected chi connectivity index (χ0v) is 7.93. The molecular formula is C10H7F2NO3. The van der Waals surface area contributed by atoms with Crippen LogP contribution in [0.5, 0.6) is 5.75 Å². The van der Waals surface area contributed by atoms with Crippen LogP contribution in [0.2, 0.25) is 0 Å². The number of aromatic nitrogens is 1. The molecule has 0 aliphatic rings. The minimum atomic E-state index is -2.93. The number of halogens is 2. The summed E-state index contributed by atoms with van der Waals surface area (Å²) >= 11 is 0. The lowest BCUT2D eigenvalue weighted by atomic mass is 10.2. The van der Waals surface area contributed by atoms with E-state index < -0.39 is 12.7 Å². The van der Waals surface area contributed by atoms with Crippen molar-refractivity contribution in [1.29, 1.82) is 0 Å². The number of hydrogen-bond acceptors (Lipinski definition) is 2. The van der Waals surface area contributed by atoms with Crippen molar-refractivity contribution in [3.63, 3.8) is 0 Å². The normalized spacial score (nSPS) is 10.9. The van der Waals surface area contributed by atoms with Gasteiger partial charge in [0.2, 0.25) is 0 Å². The van der Waals surface area contributed by atoms with E-state index in [1.165, 1.54) is 24.4 Å². The SMILES string of the molecule is O=C(O)n1ccc2ccc(OC(F)F)cc21. The van der Waals surface area contributed by atoms with Gasteiger partial charge < -0.3 is 9.84 Å². The Morgan fingerprint density at radius 1 is 1.38 bits per heavy atom. The first-order chi connectivity index (χ1) is 7.58. The molecule has 0 fully saturated rings. The predicted molar refractivity (Wildman–Crippen MR) is 52.0 cm³/mol. The molecule has 0 atom stereocenters. The van der Waals surface area contributed by atoms with Gasteiger partial charge in [-0.15, -0.1) is 0 Å². The maximum Gasteiger partial charge on any atom is 0.416 e. The van der Waals surface area contributed by atoms with E-state index in [0.29, 0.717) is 10.9 Å². The molecule has 0 saturated carbocycles. The van der Waals surface area contributed by atoms with E-state index in [1.807, 2.05) is 0 Å². The van der Waals surface area contributed by atoms with Crippen molar-refractivity contribution < 1.29 is 23.4 Å². The fourth-order valence-corrected chi connectivity index (χ4v) is 1.45. The lowest BCUT2D eigenvalue weighted by Gasteiger charge is -2.04. The van der Waals surface area contributed by atoms with Crippen LogP contribution < -0.4 is 4.74 Å². The van der Waals surface area contributed by atoms with E-state index >= 15 is 0 Å². The van der Waals surface area contributed by atoms with Gasteiger partial charge in [0.15, 0.2) is 0 Å². The molecule has 1 heterocycles. The Balaban J connectivity index is 2.50. The summed E-state index contributed by atoms with van der Waals surface area (Å²) in [4.78, 5) is 10.8. The molecule has 0 spiro atoms. The van der Waals surface area contributed by atoms with Crippen LogP contribution in [0.4, 0.5) is 13.6 Å². The van der Waals surface area contributed by atoms with Crippen LogP contribution >= 0.6 is 0 Å². The third kappa shape index (κ3) is 1.81. The molecule has 0 aliphatic carbocycles. The summed E-state index contributed by atoms with van der Waals surface area (Å²) in [7, 11) is 0. The zero-order chi connectivity index (χ0) is 11.7. The van der Waals surface area contributed by atoms with Crippen molar-refractivity contribution in [2.45, 2.75) is 6.61 Å². The van der Waals surface area contributed by atoms with Crippen molar-refractivity contribution >= 4 is 17.0 Å². The summed E-state index contributed by atoms with van der Waals surface area (Å²) < 4.78 is 29.0. The minimum Gasteiger partial charge on any atom is -0.464 e. The number of benzene rings is 1. The molecule has 16 heavy (non-hydrogen) atoms. The first-order valence-electron chi connectivity index (χ1n) is 4.37. The molecule has 1 aromatic heterocycles. The van der Waals surface area contributed by atoms with Crippen LogP contribution in [0.1, 0.15) is 0 Å². The van der Waals surface area contributed by atoms with E-state index in [4.69, 9.17) is 5.11 Å². The Hall–Kier alpha value is -2.11. The third-order valence-electron chi connectivity index (χ3n) is 2.10. The van der Waals surface area contributed by atoms with Gasteiger partial charge in [0.1, 0.15) is 5.75 Å². The van der Waals surface area contributed by atoms with Crippen molar-refractivity contribution in [2.75, 3.05) is 0 Å². The average Bonchev–Trinajstić information content (AvgIpc) is 2.59. The van der Waals surface area contributed by atoms with E-state index in [-0.39, 0.29) is 5.75 Å². The highest BCUT2D eigenvalue weighted by Gasteiger charge is 2.09. The fraction of sp³-hybridized carbons (Fsp3) is 0.100. The molecule has 1 N–H and O–H groups in total. The number of fused-ring (bicyclic) bond motifs is 1. The number of alkyl halides is 2. The molecule has 0 bridgehead atoms. The summed E-state index contributed by atoms with van der Waals surface area (Å²) in [6, 6.07) is 5.72. The van der Waals surface area contributed by atoms with Gasteiger partial charge in [-0.3, -0.25) is 4.57 Å². The summed E-state index contributed by atoms with van der Waals surface area (Å²) in [6.45, 7) is -2.93. The smallest absolute Gasteiger partial charge is 0.416 e. The molecule has 0 saturated heterocycles. The zero-order valence-electron chi connectivity index (χ0n) is 7.93. The van der Waals surface area contributed by atoms with Gasteiger partial charge in [-0.25, -0.2) is 4.79 Å². The summed E-state index contributed by atoms with van der Waals surface area (Å²) in [5.74, 6) is -0.0660. The van der Waals surface area contributed by atoms with Gasteiger partial charge in [0, 0.05) is 17.6 Å². The van der Waals surface area contributed by atoms with Gasteiger partial charge in [0.25, 0.3) is 0 Å². The molecular weight excluding hydrogens is 220 g/mol. The van der Waals surface area contributed by atoms with Crippen LogP contribution in [0.3, 0.4) is 0 Å². The van der Waals surface area contributed by atoms with Crippen LogP contribution in [0, 0.1) is 0 Å². The van der Waals surface area contributed by atoms with Crippen molar-refractivity contribution in [3.8, 4) is 5.75 Å². The Bertz CT molecular complexity index is 536. The predicted octanol–water partition coefficient (Wildman–Crippen LogP) is 2.77. The van der Waals surface area contributed by atoms with Crippen molar-refractivity contribution in [1.82, 2.24) is 4.57 Å². The second-order valence-electron chi connectivity index (χ2n) is 3.07. The Morgan fingerprint density at radius 3 is 2.75 bits per heavy atom. The van der Waals surface area contributed by atoms with E-state index in [9.17, 15) is 13.6 Å². The van der Waals surface area contributed by atoms with Crippen LogP contribution in [-0.2, 0) is 0 Å². The lowest BCUT2D eigenvalue weighted by molar-refractivity contribution is -0.0497.